The highest BCUT2D eigenvalue weighted by molar-refractivity contribution is 7.92. The van der Waals surface area contributed by atoms with E-state index in [-0.39, 0.29) is 18.9 Å². The number of hydrogen-bond donors (Lipinski definition) is 1. The van der Waals surface area contributed by atoms with Crippen LogP contribution < -0.4 is 14.4 Å². The Balaban J connectivity index is 1.81. The number of hydrogen-bond acceptors (Lipinski definition) is 4. The minimum Gasteiger partial charge on any atom is -0.491 e. The average molecular weight is 433 g/mol. The van der Waals surface area contributed by atoms with Crippen molar-refractivity contribution in [3.8, 4) is 5.75 Å². The zero-order valence-corrected chi connectivity index (χ0v) is 19.3. The number of sulfonamides is 1. The lowest BCUT2D eigenvalue weighted by molar-refractivity contribution is -0.121. The molecule has 7 heteroatoms. The Morgan fingerprint density at radius 3 is 2.30 bits per heavy atom. The third-order valence-corrected chi connectivity index (χ3v) is 5.88. The molecule has 0 saturated heterocycles. The number of nitrogens with one attached hydrogen (secondary N) is 1. The Morgan fingerprint density at radius 2 is 1.67 bits per heavy atom. The van der Waals surface area contributed by atoms with E-state index >= 15 is 0 Å². The lowest BCUT2D eigenvalue weighted by Crippen LogP contribution is -2.33. The Bertz CT molecular complexity index is 966. The van der Waals surface area contributed by atoms with Crippen LogP contribution in [-0.4, -0.2) is 40.3 Å². The molecule has 0 saturated carbocycles. The minimum absolute atomic E-state index is 0.117. The van der Waals surface area contributed by atoms with Gasteiger partial charge >= 0.3 is 0 Å². The molecule has 0 radical (unpaired) electrons. The van der Waals surface area contributed by atoms with Gasteiger partial charge in [-0.1, -0.05) is 18.2 Å². The van der Waals surface area contributed by atoms with Crippen LogP contribution in [0, 0.1) is 27.7 Å². The first kappa shape index (κ1) is 23.7. The van der Waals surface area contributed by atoms with Gasteiger partial charge in [0.15, 0.2) is 0 Å². The highest BCUT2D eigenvalue weighted by atomic mass is 32.2. The number of amides is 1. The van der Waals surface area contributed by atoms with Gasteiger partial charge in [-0.25, -0.2) is 8.42 Å². The van der Waals surface area contributed by atoms with Crippen molar-refractivity contribution in [1.29, 1.82) is 0 Å². The highest BCUT2D eigenvalue weighted by Crippen LogP contribution is 2.22. The first-order valence-corrected chi connectivity index (χ1v) is 11.9. The summed E-state index contributed by atoms with van der Waals surface area (Å²) in [4.78, 5) is 12.1. The van der Waals surface area contributed by atoms with Crippen LogP contribution in [0.15, 0.2) is 36.4 Å². The van der Waals surface area contributed by atoms with Gasteiger partial charge in [-0.15, -0.1) is 0 Å². The summed E-state index contributed by atoms with van der Waals surface area (Å²) in [7, 11) is -3.43. The number of anilines is 1. The van der Waals surface area contributed by atoms with Crippen molar-refractivity contribution in [2.75, 3.05) is 30.3 Å². The zero-order valence-electron chi connectivity index (χ0n) is 18.5. The number of carbonyl (C=O) groups is 1. The summed E-state index contributed by atoms with van der Waals surface area (Å²) < 4.78 is 31.6. The van der Waals surface area contributed by atoms with E-state index in [1.54, 1.807) is 0 Å². The lowest BCUT2D eigenvalue weighted by Gasteiger charge is -2.23. The summed E-state index contributed by atoms with van der Waals surface area (Å²) in [6.45, 7) is 8.90. The Kier molecular flexibility index (Phi) is 8.29. The molecular formula is C23H32N2O4S. The average Bonchev–Trinajstić information content (AvgIpc) is 2.63. The van der Waals surface area contributed by atoms with E-state index in [2.05, 4.69) is 5.32 Å². The molecule has 2 aromatic rings. The van der Waals surface area contributed by atoms with E-state index in [4.69, 9.17) is 4.74 Å². The molecule has 164 valence electrons. The molecule has 0 aliphatic carbocycles. The number of nitrogens with zero attached hydrogens (tertiary/aromatic N) is 1. The first-order chi connectivity index (χ1) is 14.1. The molecule has 6 nitrogen and oxygen atoms in total. The topological polar surface area (TPSA) is 75.7 Å². The number of carbonyl (C=O) groups excluding carboxylic acids is 1. The van der Waals surface area contributed by atoms with Crippen molar-refractivity contribution in [3.63, 3.8) is 0 Å². The highest BCUT2D eigenvalue weighted by Gasteiger charge is 2.18. The Hall–Kier alpha value is -2.54. The number of aryl methyl sites for hydroxylation is 4. The molecule has 30 heavy (non-hydrogen) atoms. The summed E-state index contributed by atoms with van der Waals surface area (Å²) in [6, 6.07) is 11.7. The summed E-state index contributed by atoms with van der Waals surface area (Å²) in [5.41, 5.74) is 4.82. The van der Waals surface area contributed by atoms with Gasteiger partial charge in [0.2, 0.25) is 15.9 Å². The summed E-state index contributed by atoms with van der Waals surface area (Å²) in [6.07, 6.45) is 1.87. The van der Waals surface area contributed by atoms with E-state index in [9.17, 15) is 13.2 Å². The van der Waals surface area contributed by atoms with Crippen LogP contribution in [-0.2, 0) is 14.8 Å². The van der Waals surface area contributed by atoms with Gasteiger partial charge in [0.1, 0.15) is 12.4 Å². The van der Waals surface area contributed by atoms with Crippen molar-refractivity contribution < 1.29 is 17.9 Å². The van der Waals surface area contributed by atoms with Gasteiger partial charge in [0.05, 0.1) is 18.5 Å². The smallest absolute Gasteiger partial charge is 0.232 e. The van der Waals surface area contributed by atoms with Crippen LogP contribution in [0.2, 0.25) is 0 Å². The fourth-order valence-corrected chi connectivity index (χ4v) is 4.22. The summed E-state index contributed by atoms with van der Waals surface area (Å²) in [5.74, 6) is 0.704. The molecule has 0 heterocycles. The second-order valence-corrected chi connectivity index (χ2v) is 9.66. The van der Waals surface area contributed by atoms with Gasteiger partial charge in [-0.3, -0.25) is 9.10 Å². The maximum atomic E-state index is 12.2. The fraction of sp³-hybridized carbons (Fsp3) is 0.435. The number of rotatable bonds is 10. The monoisotopic (exact) mass is 432 g/mol. The van der Waals surface area contributed by atoms with Gasteiger partial charge in [-0.05, 0) is 74.6 Å². The zero-order chi connectivity index (χ0) is 22.3. The van der Waals surface area contributed by atoms with Gasteiger partial charge < -0.3 is 10.1 Å². The van der Waals surface area contributed by atoms with Crippen molar-refractivity contribution in [2.24, 2.45) is 0 Å². The largest absolute Gasteiger partial charge is 0.491 e. The van der Waals surface area contributed by atoms with Crippen LogP contribution in [0.4, 0.5) is 5.69 Å². The van der Waals surface area contributed by atoms with Crippen LogP contribution in [0.3, 0.4) is 0 Å². The first-order valence-electron chi connectivity index (χ1n) is 10.1. The van der Waals surface area contributed by atoms with E-state index in [1.165, 1.54) is 10.6 Å². The molecule has 0 unspecified atom stereocenters. The molecule has 0 fully saturated rings. The molecule has 0 bridgehead atoms. The number of benzene rings is 2. The minimum atomic E-state index is -3.43. The van der Waals surface area contributed by atoms with E-state index < -0.39 is 10.0 Å². The molecule has 1 N–H and O–H groups in total. The molecule has 2 aromatic carbocycles. The van der Waals surface area contributed by atoms with E-state index in [1.807, 2.05) is 64.1 Å². The van der Waals surface area contributed by atoms with Crippen LogP contribution in [0.5, 0.6) is 5.75 Å². The predicted molar refractivity (Wildman–Crippen MR) is 122 cm³/mol. The van der Waals surface area contributed by atoms with E-state index in [0.717, 1.165) is 28.0 Å². The molecule has 0 atom stereocenters. The molecule has 1 amide bonds. The number of ether oxygens (including phenoxy) is 1. The van der Waals surface area contributed by atoms with Gasteiger partial charge in [-0.2, -0.15) is 0 Å². The normalized spacial score (nSPS) is 11.2. The van der Waals surface area contributed by atoms with E-state index in [0.29, 0.717) is 25.3 Å². The van der Waals surface area contributed by atoms with Crippen molar-refractivity contribution >= 4 is 21.6 Å². The molecule has 0 aromatic heterocycles. The van der Waals surface area contributed by atoms with Crippen molar-refractivity contribution in [1.82, 2.24) is 5.32 Å². The van der Waals surface area contributed by atoms with Crippen molar-refractivity contribution in [3.05, 3.63) is 58.7 Å². The maximum Gasteiger partial charge on any atom is 0.232 e. The lowest BCUT2D eigenvalue weighted by atomic mass is 10.1. The Morgan fingerprint density at radius 1 is 1.00 bits per heavy atom. The van der Waals surface area contributed by atoms with Crippen LogP contribution in [0.25, 0.3) is 0 Å². The van der Waals surface area contributed by atoms with Crippen LogP contribution >= 0.6 is 0 Å². The second kappa shape index (κ2) is 10.5. The molecule has 0 aliphatic heterocycles. The standard InChI is InChI=1S/C23H32N2O4S/c1-17-8-9-20(4)22(16-17)29-12-10-24-23(26)7-6-11-25(30(5,27)28)21-14-18(2)13-19(3)15-21/h8-9,13-16H,6-7,10-12H2,1-5H3,(H,24,26). The SMILES string of the molecule is Cc1cc(C)cc(N(CCCC(=O)NCCOc2cc(C)ccc2C)S(C)(=O)=O)c1. The summed E-state index contributed by atoms with van der Waals surface area (Å²) >= 11 is 0. The van der Waals surface area contributed by atoms with Gasteiger partial charge in [0, 0.05) is 13.0 Å². The quantitative estimate of drug-likeness (QED) is 0.582. The van der Waals surface area contributed by atoms with Crippen molar-refractivity contribution in [2.45, 2.75) is 40.5 Å². The third-order valence-electron chi connectivity index (χ3n) is 4.69. The second-order valence-electron chi connectivity index (χ2n) is 7.75. The summed E-state index contributed by atoms with van der Waals surface area (Å²) in [5, 5.41) is 2.83. The molecule has 2 rings (SSSR count). The Labute approximate surface area is 180 Å². The molecule has 0 spiro atoms. The fourth-order valence-electron chi connectivity index (χ4n) is 3.27. The predicted octanol–water partition coefficient (Wildman–Crippen LogP) is 3.66. The van der Waals surface area contributed by atoms with Crippen LogP contribution in [0.1, 0.15) is 35.1 Å². The third kappa shape index (κ3) is 7.37. The van der Waals surface area contributed by atoms with Gasteiger partial charge in [0.25, 0.3) is 0 Å². The molecule has 0 aliphatic rings. The maximum absolute atomic E-state index is 12.2. The molecular weight excluding hydrogens is 400 g/mol.